The minimum Gasteiger partial charge on any atom is -0.433 e. The van der Waals surface area contributed by atoms with Crippen molar-refractivity contribution in [3.05, 3.63) is 0 Å². The van der Waals surface area contributed by atoms with Gasteiger partial charge in [0.25, 0.3) is 0 Å². The van der Waals surface area contributed by atoms with Crippen molar-refractivity contribution in [1.82, 2.24) is 0 Å². The second-order valence-corrected chi connectivity index (χ2v) is 5.15. The zero-order valence-corrected chi connectivity index (χ0v) is 18.4. The number of hydrogen-bond acceptors (Lipinski definition) is 4. The minimum absolute atomic E-state index is 0. The van der Waals surface area contributed by atoms with Gasteiger partial charge in [-0.25, -0.2) is 0 Å². The third kappa shape index (κ3) is 21.2. The fraction of sp³-hybridized carbons (Fsp3) is 0.750. The summed E-state index contributed by atoms with van der Waals surface area (Å²) in [6, 6.07) is 0. The van der Waals surface area contributed by atoms with Crippen LogP contribution >= 0.6 is 24.4 Å². The van der Waals surface area contributed by atoms with E-state index in [2.05, 4.69) is 0 Å². The normalized spacial score (nSPS) is 8.29. The first kappa shape index (κ1) is 23.0. The van der Waals surface area contributed by atoms with Crippen LogP contribution in [0.5, 0.6) is 0 Å². The van der Waals surface area contributed by atoms with Crippen molar-refractivity contribution in [3.8, 4) is 0 Å². The first-order valence-electron chi connectivity index (χ1n) is 4.02. The van der Waals surface area contributed by atoms with E-state index in [0.29, 0.717) is 8.39 Å². The van der Waals surface area contributed by atoms with Gasteiger partial charge < -0.3 is 49.7 Å². The van der Waals surface area contributed by atoms with Gasteiger partial charge in [-0.1, -0.05) is 25.7 Å². The summed E-state index contributed by atoms with van der Waals surface area (Å²) in [6.07, 6.45) is 6.43. The van der Waals surface area contributed by atoms with Gasteiger partial charge in [0.2, 0.25) is 0 Å². The molecular formula is C8H12K2S4. The van der Waals surface area contributed by atoms with Crippen LogP contribution in [0.4, 0.5) is 0 Å². The average Bonchev–Trinajstić information content (AvgIpc) is 1.95. The van der Waals surface area contributed by atoms with Gasteiger partial charge in [-0.15, -0.1) is 0 Å². The second-order valence-electron chi connectivity index (χ2n) is 2.66. The van der Waals surface area contributed by atoms with Gasteiger partial charge in [0, 0.05) is 0 Å². The summed E-state index contributed by atoms with van der Waals surface area (Å²) in [4.78, 5) is 0. The zero-order valence-electron chi connectivity index (χ0n) is 8.88. The molecule has 0 amide bonds. The summed E-state index contributed by atoms with van der Waals surface area (Å²) < 4.78 is 1.41. The molecule has 0 atom stereocenters. The molecule has 0 rings (SSSR count). The van der Waals surface area contributed by atoms with E-state index in [9.17, 15) is 0 Å². The molecule has 0 aromatic heterocycles. The van der Waals surface area contributed by atoms with Crippen molar-refractivity contribution in [1.29, 1.82) is 0 Å². The Bertz CT molecular complexity index is 143. The molecule has 70 valence electrons. The fourth-order valence-electron chi connectivity index (χ4n) is 0.892. The van der Waals surface area contributed by atoms with E-state index in [0.717, 1.165) is 25.7 Å². The van der Waals surface area contributed by atoms with E-state index in [1.54, 1.807) is 0 Å². The SMILES string of the molecule is S=C([S-])CCCCCCC(=S)[S-].[K+].[K+]. The molecule has 0 spiro atoms. The maximum atomic E-state index is 4.79. The molecule has 0 radical (unpaired) electrons. The summed E-state index contributed by atoms with van der Waals surface area (Å²) in [5.41, 5.74) is 0. The molecule has 0 N–H and O–H groups in total. The Labute approximate surface area is 194 Å². The Kier molecular flexibility index (Phi) is 27.8. The van der Waals surface area contributed by atoms with Crippen LogP contribution in [-0.4, -0.2) is 8.39 Å². The summed E-state index contributed by atoms with van der Waals surface area (Å²) in [7, 11) is 0. The maximum absolute atomic E-state index is 4.79. The zero-order chi connectivity index (χ0) is 9.40. The van der Waals surface area contributed by atoms with Crippen molar-refractivity contribution in [2.45, 2.75) is 38.5 Å². The third-order valence-corrected chi connectivity index (χ3v) is 2.33. The minimum atomic E-state index is 0. The quantitative estimate of drug-likeness (QED) is 0.214. The van der Waals surface area contributed by atoms with Gasteiger partial charge in [0.15, 0.2) is 0 Å². The predicted octanol–water partition coefficient (Wildman–Crippen LogP) is -2.92. The van der Waals surface area contributed by atoms with Crippen LogP contribution in [0.3, 0.4) is 0 Å². The largest absolute Gasteiger partial charge is 1.00 e. The predicted molar refractivity (Wildman–Crippen MR) is 67.6 cm³/mol. The van der Waals surface area contributed by atoms with Crippen molar-refractivity contribution in [3.63, 3.8) is 0 Å². The summed E-state index contributed by atoms with van der Waals surface area (Å²) in [6.45, 7) is 0. The van der Waals surface area contributed by atoms with Gasteiger partial charge >= 0.3 is 103 Å². The monoisotopic (exact) mass is 314 g/mol. The maximum Gasteiger partial charge on any atom is 1.00 e. The number of unbranched alkanes of at least 4 members (excludes halogenated alkanes) is 3. The molecule has 0 nitrogen and oxygen atoms in total. The molecular weight excluding hydrogens is 303 g/mol. The Morgan fingerprint density at radius 3 is 1.21 bits per heavy atom. The second kappa shape index (κ2) is 16.9. The molecule has 0 saturated carbocycles. The molecule has 0 heterocycles. The molecule has 0 aliphatic carbocycles. The first-order chi connectivity index (χ1) is 5.63. The Hall–Kier alpha value is 3.89. The van der Waals surface area contributed by atoms with Gasteiger partial charge in [0.05, 0.1) is 0 Å². The molecule has 0 aromatic carbocycles. The van der Waals surface area contributed by atoms with E-state index in [1.807, 2.05) is 0 Å². The third-order valence-electron chi connectivity index (χ3n) is 1.51. The van der Waals surface area contributed by atoms with Crippen molar-refractivity contribution in [2.75, 3.05) is 0 Å². The van der Waals surface area contributed by atoms with Gasteiger partial charge in [-0.05, 0) is 12.8 Å². The average molecular weight is 315 g/mol. The smallest absolute Gasteiger partial charge is 0.433 e. The van der Waals surface area contributed by atoms with Crippen molar-refractivity contribution >= 4 is 58.1 Å². The molecule has 0 unspecified atom stereocenters. The van der Waals surface area contributed by atoms with Crippen LogP contribution in [0, 0.1) is 0 Å². The number of rotatable bonds is 7. The van der Waals surface area contributed by atoms with E-state index in [1.165, 1.54) is 12.8 Å². The van der Waals surface area contributed by atoms with Crippen LogP contribution in [0.15, 0.2) is 0 Å². The Morgan fingerprint density at radius 1 is 0.714 bits per heavy atom. The van der Waals surface area contributed by atoms with Crippen molar-refractivity contribution < 1.29 is 103 Å². The molecule has 0 aliphatic rings. The van der Waals surface area contributed by atoms with Crippen LogP contribution in [0.25, 0.3) is 0 Å². The summed E-state index contributed by atoms with van der Waals surface area (Å²) >= 11 is 19.2. The van der Waals surface area contributed by atoms with E-state index in [-0.39, 0.29) is 103 Å². The van der Waals surface area contributed by atoms with Crippen LogP contribution in [0.2, 0.25) is 0 Å². The molecule has 0 bridgehead atoms. The first-order valence-corrected chi connectivity index (χ1v) is 5.66. The standard InChI is InChI=1S/C8H14S4.2K/c9-7(10)5-3-1-2-4-6-8(11)12;;/h1-6H2,(H,9,10)(H,11,12);;/q;2*+1/p-2. The van der Waals surface area contributed by atoms with Gasteiger partial charge in [-0.3, -0.25) is 0 Å². The van der Waals surface area contributed by atoms with E-state index >= 15 is 0 Å². The molecule has 14 heavy (non-hydrogen) atoms. The van der Waals surface area contributed by atoms with Gasteiger partial charge in [-0.2, -0.15) is 8.39 Å². The Balaban J connectivity index is -0.000000605. The molecule has 0 saturated heterocycles. The van der Waals surface area contributed by atoms with Crippen LogP contribution < -0.4 is 103 Å². The summed E-state index contributed by atoms with van der Waals surface area (Å²) in [5.74, 6) is 0. The van der Waals surface area contributed by atoms with Gasteiger partial charge in [0.1, 0.15) is 0 Å². The Morgan fingerprint density at radius 2 is 1.00 bits per heavy atom. The van der Waals surface area contributed by atoms with Crippen LogP contribution in [-0.2, 0) is 25.3 Å². The fourth-order valence-corrected chi connectivity index (χ4v) is 1.47. The van der Waals surface area contributed by atoms with Crippen molar-refractivity contribution in [2.24, 2.45) is 0 Å². The number of hydrogen-bond donors (Lipinski definition) is 0. The van der Waals surface area contributed by atoms with Crippen LogP contribution in [0.1, 0.15) is 38.5 Å². The molecule has 0 aliphatic heterocycles. The molecule has 6 heteroatoms. The van der Waals surface area contributed by atoms with E-state index in [4.69, 9.17) is 49.7 Å². The summed E-state index contributed by atoms with van der Waals surface area (Å²) in [5, 5.41) is 0. The van der Waals surface area contributed by atoms with E-state index < -0.39 is 0 Å². The topological polar surface area (TPSA) is 0 Å². The molecule has 0 fully saturated rings. The molecule has 0 aromatic rings. The number of thiocarbonyl (C=S) groups is 2.